The first kappa shape index (κ1) is 42.9. The van der Waals surface area contributed by atoms with Gasteiger partial charge in [-0.2, -0.15) is 0 Å². The van der Waals surface area contributed by atoms with E-state index in [2.05, 4.69) is 21.3 Å². The fourth-order valence-corrected chi connectivity index (χ4v) is 7.96. The van der Waals surface area contributed by atoms with Gasteiger partial charge in [-0.05, 0) is 66.8 Å². The fourth-order valence-electron chi connectivity index (χ4n) is 7.96. The van der Waals surface area contributed by atoms with E-state index in [0.717, 1.165) is 62.5 Å². The zero-order valence-electron chi connectivity index (χ0n) is 33.5. The normalized spacial score (nSPS) is 20.3. The van der Waals surface area contributed by atoms with Gasteiger partial charge in [0.2, 0.25) is 35.3 Å². The molecular weight excluding hydrogens is 729 g/mol. The molecule has 0 unspecified atom stereocenters. The van der Waals surface area contributed by atoms with Crippen molar-refractivity contribution in [3.8, 4) is 5.75 Å². The van der Waals surface area contributed by atoms with Gasteiger partial charge in [0.15, 0.2) is 0 Å². The number of fused-ring (bicyclic) bond motifs is 2. The average Bonchev–Trinajstić information content (AvgIpc) is 3.22. The monoisotopic (exact) mass is 786 g/mol. The van der Waals surface area contributed by atoms with E-state index in [9.17, 15) is 33.6 Å². The molecule has 2 heterocycles. The summed E-state index contributed by atoms with van der Waals surface area (Å²) >= 11 is 0. The van der Waals surface area contributed by atoms with E-state index >= 15 is 0 Å². The molecule has 14 nitrogen and oxygen atoms in total. The fraction of sp³-hybridized carbons (Fsp3) is 0.558. The number of carbonyl (C=O) groups excluding carboxylic acids is 7. The Bertz CT molecular complexity index is 1760. The number of ether oxygens (including phenoxy) is 1. The second-order valence-corrected chi connectivity index (χ2v) is 15.6. The van der Waals surface area contributed by atoms with Crippen molar-refractivity contribution < 1.29 is 38.3 Å². The van der Waals surface area contributed by atoms with Gasteiger partial charge in [-0.25, -0.2) is 0 Å². The maximum atomic E-state index is 14.7. The van der Waals surface area contributed by atoms with Crippen LogP contribution < -0.4 is 26.0 Å². The molecule has 6 amide bonds. The summed E-state index contributed by atoms with van der Waals surface area (Å²) in [5.74, 6) is -3.58. The lowest BCUT2D eigenvalue weighted by Crippen LogP contribution is -2.61. The van der Waals surface area contributed by atoms with Crippen molar-refractivity contribution >= 4 is 41.2 Å². The number of benzene rings is 2. The van der Waals surface area contributed by atoms with Gasteiger partial charge >= 0.3 is 0 Å². The van der Waals surface area contributed by atoms with Crippen molar-refractivity contribution in [2.75, 3.05) is 27.2 Å². The van der Waals surface area contributed by atoms with Crippen LogP contribution in [0.5, 0.6) is 5.75 Å². The molecule has 3 aliphatic rings. The molecule has 2 aromatic carbocycles. The summed E-state index contributed by atoms with van der Waals surface area (Å²) in [6.07, 6.45) is 8.92. The Morgan fingerprint density at radius 1 is 0.895 bits per heavy atom. The lowest BCUT2D eigenvalue weighted by atomic mass is 9.82. The Morgan fingerprint density at radius 3 is 2.33 bits per heavy atom. The minimum absolute atomic E-state index is 0.0758. The largest absolute Gasteiger partial charge is 0.494 e. The SMILES string of the molecule is CCC[C@@H](NC(=O)[C@@H]1Cc2ccc3cc2CN1C(=O)[C@H](C1CCCCC1)NC(=O)CCCCCCO3)C(=O)C(=O)NCC(=O)N[C@H](C(=O)N(C)C)c1ccccc1. The van der Waals surface area contributed by atoms with Gasteiger partial charge < -0.3 is 35.8 Å². The molecular formula is C43H58N6O8. The van der Waals surface area contributed by atoms with E-state index in [-0.39, 0.29) is 43.0 Å². The first-order valence-electron chi connectivity index (χ1n) is 20.5. The highest BCUT2D eigenvalue weighted by atomic mass is 16.5. The highest BCUT2D eigenvalue weighted by molar-refractivity contribution is 6.38. The third kappa shape index (κ3) is 11.6. The zero-order valence-corrected chi connectivity index (χ0v) is 33.5. The number of ketones is 1. The summed E-state index contributed by atoms with van der Waals surface area (Å²) in [6, 6.07) is 10.3. The Labute approximate surface area is 335 Å². The van der Waals surface area contributed by atoms with Gasteiger partial charge in [0.05, 0.1) is 19.2 Å². The van der Waals surface area contributed by atoms with Crippen LogP contribution in [0.15, 0.2) is 48.5 Å². The first-order chi connectivity index (χ1) is 27.5. The number of nitrogens with zero attached hydrogens (tertiary/aromatic N) is 2. The van der Waals surface area contributed by atoms with Crippen LogP contribution >= 0.6 is 0 Å². The molecule has 14 heteroatoms. The number of nitrogens with one attached hydrogen (secondary N) is 4. The third-order valence-electron chi connectivity index (χ3n) is 11.1. The summed E-state index contributed by atoms with van der Waals surface area (Å²) in [6.45, 7) is 1.86. The summed E-state index contributed by atoms with van der Waals surface area (Å²) in [4.78, 5) is 97.8. The Balaban J connectivity index is 1.33. The van der Waals surface area contributed by atoms with Crippen LogP contribution in [-0.4, -0.2) is 96.4 Å². The van der Waals surface area contributed by atoms with Crippen LogP contribution in [-0.2, 0) is 46.5 Å². The van der Waals surface area contributed by atoms with Crippen molar-refractivity contribution in [1.82, 2.24) is 31.1 Å². The Hall–Kier alpha value is -5.27. The molecule has 308 valence electrons. The molecule has 57 heavy (non-hydrogen) atoms. The molecule has 4 atom stereocenters. The molecule has 4 N–H and O–H groups in total. The van der Waals surface area contributed by atoms with Crippen molar-refractivity contribution in [2.24, 2.45) is 5.92 Å². The molecule has 1 saturated carbocycles. The van der Waals surface area contributed by atoms with Gasteiger partial charge in [-0.1, -0.05) is 81.8 Å². The lowest BCUT2D eigenvalue weighted by molar-refractivity contribution is -0.147. The number of hydrogen-bond acceptors (Lipinski definition) is 8. The number of Topliss-reactive ketones (excluding diaryl/α,β-unsaturated/α-hetero) is 1. The predicted molar refractivity (Wildman–Crippen MR) is 212 cm³/mol. The smallest absolute Gasteiger partial charge is 0.290 e. The molecule has 1 aliphatic carbocycles. The topological polar surface area (TPSA) is 183 Å². The van der Waals surface area contributed by atoms with Gasteiger partial charge in [0.1, 0.15) is 23.9 Å². The van der Waals surface area contributed by atoms with Crippen molar-refractivity contribution in [1.29, 1.82) is 0 Å². The molecule has 1 fully saturated rings. The van der Waals surface area contributed by atoms with Gasteiger partial charge in [-0.3, -0.25) is 33.6 Å². The van der Waals surface area contributed by atoms with Gasteiger partial charge in [0, 0.05) is 33.5 Å². The van der Waals surface area contributed by atoms with E-state index in [1.54, 1.807) is 44.4 Å². The third-order valence-corrected chi connectivity index (χ3v) is 11.1. The maximum absolute atomic E-state index is 14.7. The Morgan fingerprint density at radius 2 is 1.61 bits per heavy atom. The predicted octanol–water partition coefficient (Wildman–Crippen LogP) is 3.26. The van der Waals surface area contributed by atoms with Crippen LogP contribution in [0.25, 0.3) is 0 Å². The van der Waals surface area contributed by atoms with Gasteiger partial charge in [-0.15, -0.1) is 0 Å². The van der Waals surface area contributed by atoms with Crippen LogP contribution in [0.1, 0.15) is 107 Å². The summed E-state index contributed by atoms with van der Waals surface area (Å²) in [7, 11) is 3.13. The number of carbonyl (C=O) groups is 7. The molecule has 2 aromatic rings. The van der Waals surface area contributed by atoms with Crippen molar-refractivity contribution in [3.05, 3.63) is 65.2 Å². The van der Waals surface area contributed by atoms with Gasteiger partial charge in [0.25, 0.3) is 5.91 Å². The molecule has 0 radical (unpaired) electrons. The molecule has 5 rings (SSSR count). The van der Waals surface area contributed by atoms with Crippen LogP contribution in [0.4, 0.5) is 0 Å². The zero-order chi connectivity index (χ0) is 40.9. The van der Waals surface area contributed by atoms with E-state index < -0.39 is 54.2 Å². The minimum atomic E-state index is -1.23. The number of hydrogen-bond donors (Lipinski definition) is 4. The second kappa shape index (κ2) is 20.8. The van der Waals surface area contributed by atoms with Crippen LogP contribution in [0.3, 0.4) is 0 Å². The van der Waals surface area contributed by atoms with Crippen LogP contribution in [0.2, 0.25) is 0 Å². The van der Waals surface area contributed by atoms with E-state index in [1.807, 2.05) is 25.1 Å². The molecule has 0 aromatic heterocycles. The van der Waals surface area contributed by atoms with E-state index in [1.165, 1.54) is 9.80 Å². The Kier molecular flexibility index (Phi) is 15.6. The minimum Gasteiger partial charge on any atom is -0.494 e. The lowest BCUT2D eigenvalue weighted by Gasteiger charge is -2.40. The molecule has 0 spiro atoms. The van der Waals surface area contributed by atoms with E-state index in [0.29, 0.717) is 37.2 Å². The van der Waals surface area contributed by atoms with Crippen molar-refractivity contribution in [2.45, 2.75) is 121 Å². The summed E-state index contributed by atoms with van der Waals surface area (Å²) in [5.41, 5.74) is 2.25. The first-order valence-corrected chi connectivity index (χ1v) is 20.5. The van der Waals surface area contributed by atoms with Crippen molar-refractivity contribution in [3.63, 3.8) is 0 Å². The quantitative estimate of drug-likeness (QED) is 0.237. The summed E-state index contributed by atoms with van der Waals surface area (Å²) in [5, 5.41) is 10.8. The summed E-state index contributed by atoms with van der Waals surface area (Å²) < 4.78 is 6.04. The molecule has 3 bridgehead atoms. The highest BCUT2D eigenvalue weighted by Gasteiger charge is 2.42. The number of rotatable bonds is 12. The average molecular weight is 787 g/mol. The number of likely N-dealkylation sites (N-methyl/N-ethyl adjacent to an activating group) is 1. The molecule has 0 saturated heterocycles. The second-order valence-electron chi connectivity index (χ2n) is 15.6. The molecule has 2 aliphatic heterocycles. The van der Waals surface area contributed by atoms with E-state index in [4.69, 9.17) is 4.74 Å². The standard InChI is InChI=1S/C43H58N6O8/c1-4-15-33(39(52)41(54)44-26-36(51)47-37(42(55)48(2)3)28-16-9-7-10-17-28)45-40(53)34-25-30-21-22-32-24-31(30)27-49(34)43(56)38(29-18-11-8-12-19-29)46-35(50)20-13-5-6-14-23-57-32/h7,9-10,16-17,21-22,24,29,33-34,37-38H,4-6,8,11-15,18-20,23,25-27H2,1-3H3,(H,44,54)(H,45,53)(H,46,50)(H,47,51)/t33-,34+,37+,38+/m1/s1. The highest BCUT2D eigenvalue weighted by Crippen LogP contribution is 2.32. The van der Waals surface area contributed by atoms with Crippen LogP contribution in [0, 0.1) is 5.92 Å². The maximum Gasteiger partial charge on any atom is 0.290 e. The number of amides is 6.